The number of imide groups is 1. The van der Waals surface area contributed by atoms with E-state index in [2.05, 4.69) is 13.8 Å². The monoisotopic (exact) mass is 238 g/mol. The van der Waals surface area contributed by atoms with E-state index < -0.39 is 0 Å². The summed E-state index contributed by atoms with van der Waals surface area (Å²) < 4.78 is 0. The van der Waals surface area contributed by atoms with Crippen LogP contribution in [0.2, 0.25) is 0 Å². The van der Waals surface area contributed by atoms with E-state index in [-0.39, 0.29) is 34.5 Å². The van der Waals surface area contributed by atoms with Crippen LogP contribution in [0.5, 0.6) is 0 Å². The van der Waals surface area contributed by atoms with E-state index in [0.717, 1.165) is 6.42 Å². The summed E-state index contributed by atoms with van der Waals surface area (Å²) in [6, 6.07) is 0. The number of hydrogen-bond acceptors (Lipinski definition) is 3. The second kappa shape index (κ2) is 3.55. The zero-order chi connectivity index (χ0) is 13.0. The van der Waals surface area contributed by atoms with Gasteiger partial charge in [-0.15, -0.1) is 0 Å². The van der Waals surface area contributed by atoms with Gasteiger partial charge in [0, 0.05) is 6.54 Å². The van der Waals surface area contributed by atoms with Crippen LogP contribution >= 0.6 is 0 Å². The average Bonchev–Trinajstić information content (AvgIpc) is 2.69. The Morgan fingerprint density at radius 2 is 1.71 bits per heavy atom. The standard InChI is InChI=1S/C13H22N2O2/c1-12(2,7-14)5-6-15-10(16)8-9(11(15)17)13(8,3)4/h8-9H,5-7,14H2,1-4H3. The van der Waals surface area contributed by atoms with Crippen molar-refractivity contribution in [1.29, 1.82) is 0 Å². The Labute approximate surface area is 103 Å². The summed E-state index contributed by atoms with van der Waals surface area (Å²) in [5, 5.41) is 0. The normalized spacial score (nSPS) is 30.8. The number of carbonyl (C=O) groups excluding carboxylic acids is 2. The van der Waals surface area contributed by atoms with Crippen LogP contribution in [-0.2, 0) is 9.59 Å². The van der Waals surface area contributed by atoms with E-state index in [1.807, 2.05) is 13.8 Å². The first-order valence-electron chi connectivity index (χ1n) is 6.28. The van der Waals surface area contributed by atoms with Crippen molar-refractivity contribution >= 4 is 11.8 Å². The third-order valence-corrected chi connectivity index (χ3v) is 4.46. The van der Waals surface area contributed by atoms with Crippen LogP contribution in [0.3, 0.4) is 0 Å². The Bertz CT molecular complexity index is 350. The highest BCUT2D eigenvalue weighted by atomic mass is 16.2. The van der Waals surface area contributed by atoms with Gasteiger partial charge in [0.2, 0.25) is 11.8 Å². The molecule has 1 saturated carbocycles. The fourth-order valence-electron chi connectivity index (χ4n) is 2.74. The van der Waals surface area contributed by atoms with E-state index in [4.69, 9.17) is 5.73 Å². The quantitative estimate of drug-likeness (QED) is 0.743. The van der Waals surface area contributed by atoms with Gasteiger partial charge in [0.05, 0.1) is 11.8 Å². The van der Waals surface area contributed by atoms with Crippen molar-refractivity contribution < 1.29 is 9.59 Å². The molecule has 2 aliphatic rings. The number of fused-ring (bicyclic) bond motifs is 1. The number of piperidine rings is 1. The number of nitrogens with two attached hydrogens (primary N) is 1. The zero-order valence-corrected chi connectivity index (χ0v) is 11.1. The molecule has 2 unspecified atom stereocenters. The molecule has 2 N–H and O–H groups in total. The van der Waals surface area contributed by atoms with Gasteiger partial charge in [0.25, 0.3) is 0 Å². The molecule has 2 amide bonds. The SMILES string of the molecule is CC(C)(CN)CCN1C(=O)C2C(C1=O)C2(C)C. The summed E-state index contributed by atoms with van der Waals surface area (Å²) in [6.07, 6.45) is 0.779. The van der Waals surface area contributed by atoms with Gasteiger partial charge in [-0.2, -0.15) is 0 Å². The van der Waals surface area contributed by atoms with E-state index >= 15 is 0 Å². The first kappa shape index (κ1) is 12.6. The lowest BCUT2D eigenvalue weighted by Gasteiger charge is -2.27. The van der Waals surface area contributed by atoms with Crippen molar-refractivity contribution in [3.8, 4) is 0 Å². The molecule has 96 valence electrons. The van der Waals surface area contributed by atoms with Gasteiger partial charge in [0.15, 0.2) is 0 Å². The van der Waals surface area contributed by atoms with E-state index in [1.165, 1.54) is 4.90 Å². The second-order valence-corrected chi connectivity index (χ2v) is 6.72. The van der Waals surface area contributed by atoms with Crippen molar-refractivity contribution in [1.82, 2.24) is 4.90 Å². The van der Waals surface area contributed by atoms with Gasteiger partial charge in [-0.25, -0.2) is 0 Å². The first-order valence-corrected chi connectivity index (χ1v) is 6.28. The fraction of sp³-hybridized carbons (Fsp3) is 0.846. The number of amides is 2. The van der Waals surface area contributed by atoms with Crippen LogP contribution in [0.15, 0.2) is 0 Å². The third kappa shape index (κ3) is 1.79. The summed E-state index contributed by atoms with van der Waals surface area (Å²) in [6.45, 7) is 9.20. The fourth-order valence-corrected chi connectivity index (χ4v) is 2.74. The Morgan fingerprint density at radius 1 is 1.24 bits per heavy atom. The zero-order valence-electron chi connectivity index (χ0n) is 11.1. The van der Waals surface area contributed by atoms with Crippen molar-refractivity contribution in [2.45, 2.75) is 34.1 Å². The maximum Gasteiger partial charge on any atom is 0.233 e. The molecule has 2 rings (SSSR count). The molecule has 0 bridgehead atoms. The number of likely N-dealkylation sites (tertiary alicyclic amines) is 1. The molecule has 4 heteroatoms. The molecule has 2 atom stereocenters. The average molecular weight is 238 g/mol. The van der Waals surface area contributed by atoms with Gasteiger partial charge in [-0.3, -0.25) is 14.5 Å². The lowest BCUT2D eigenvalue weighted by Crippen LogP contribution is -2.39. The molecule has 17 heavy (non-hydrogen) atoms. The van der Waals surface area contributed by atoms with Crippen LogP contribution in [0.25, 0.3) is 0 Å². The highest BCUT2D eigenvalue weighted by molar-refractivity contribution is 6.10. The van der Waals surface area contributed by atoms with Crippen LogP contribution in [-0.4, -0.2) is 29.8 Å². The summed E-state index contributed by atoms with van der Waals surface area (Å²) in [5.41, 5.74) is 5.54. The Hall–Kier alpha value is -0.900. The van der Waals surface area contributed by atoms with Crippen LogP contribution in [0.1, 0.15) is 34.1 Å². The molecule has 0 aromatic rings. The Kier molecular flexibility index (Phi) is 2.62. The third-order valence-electron chi connectivity index (χ3n) is 4.46. The molecule has 1 aliphatic carbocycles. The number of carbonyl (C=O) groups is 2. The molecule has 2 fully saturated rings. The molecule has 1 saturated heterocycles. The minimum Gasteiger partial charge on any atom is -0.330 e. The van der Waals surface area contributed by atoms with Crippen molar-refractivity contribution in [3.05, 3.63) is 0 Å². The number of rotatable bonds is 4. The minimum atomic E-state index is -0.103. The van der Waals surface area contributed by atoms with E-state index in [0.29, 0.717) is 13.1 Å². The smallest absolute Gasteiger partial charge is 0.233 e. The Morgan fingerprint density at radius 3 is 2.12 bits per heavy atom. The summed E-state index contributed by atoms with van der Waals surface area (Å²) in [4.78, 5) is 25.5. The molecule has 4 nitrogen and oxygen atoms in total. The minimum absolute atomic E-state index is 0.0111. The largest absolute Gasteiger partial charge is 0.330 e. The van der Waals surface area contributed by atoms with Gasteiger partial charge in [-0.1, -0.05) is 27.7 Å². The van der Waals surface area contributed by atoms with Gasteiger partial charge >= 0.3 is 0 Å². The van der Waals surface area contributed by atoms with Crippen LogP contribution in [0.4, 0.5) is 0 Å². The van der Waals surface area contributed by atoms with Gasteiger partial charge < -0.3 is 5.73 Å². The van der Waals surface area contributed by atoms with Crippen molar-refractivity contribution in [2.75, 3.05) is 13.1 Å². The van der Waals surface area contributed by atoms with Gasteiger partial charge in [0.1, 0.15) is 0 Å². The second-order valence-electron chi connectivity index (χ2n) is 6.72. The Balaban J connectivity index is 1.98. The maximum atomic E-state index is 12.1. The summed E-state index contributed by atoms with van der Waals surface area (Å²) >= 11 is 0. The highest BCUT2D eigenvalue weighted by Gasteiger charge is 2.72. The van der Waals surface area contributed by atoms with E-state index in [9.17, 15) is 9.59 Å². The van der Waals surface area contributed by atoms with Crippen molar-refractivity contribution in [3.63, 3.8) is 0 Å². The molecule has 0 spiro atoms. The molecule has 1 heterocycles. The van der Waals surface area contributed by atoms with Gasteiger partial charge in [-0.05, 0) is 23.8 Å². The predicted molar refractivity (Wildman–Crippen MR) is 64.9 cm³/mol. The topological polar surface area (TPSA) is 63.4 Å². The molecule has 1 aliphatic heterocycles. The van der Waals surface area contributed by atoms with E-state index in [1.54, 1.807) is 0 Å². The highest BCUT2D eigenvalue weighted by Crippen LogP contribution is 2.63. The first-order chi connectivity index (χ1) is 7.72. The molecular formula is C13H22N2O2. The number of nitrogens with zero attached hydrogens (tertiary/aromatic N) is 1. The van der Waals surface area contributed by atoms with Crippen LogP contribution < -0.4 is 5.73 Å². The molecule has 0 aromatic carbocycles. The number of hydrogen-bond donors (Lipinski definition) is 1. The lowest BCUT2D eigenvalue weighted by molar-refractivity contribution is -0.143. The maximum absolute atomic E-state index is 12.1. The molecule has 0 aromatic heterocycles. The summed E-state index contributed by atoms with van der Waals surface area (Å²) in [5.74, 6) is -0.0670. The van der Waals surface area contributed by atoms with Crippen LogP contribution in [0, 0.1) is 22.7 Å². The molecular weight excluding hydrogens is 216 g/mol. The molecule has 0 radical (unpaired) electrons. The van der Waals surface area contributed by atoms with Crippen molar-refractivity contribution in [2.24, 2.45) is 28.4 Å². The predicted octanol–water partition coefficient (Wildman–Crippen LogP) is 1.00. The summed E-state index contributed by atoms with van der Waals surface area (Å²) in [7, 11) is 0. The lowest BCUT2D eigenvalue weighted by atomic mass is 9.89.